The van der Waals surface area contributed by atoms with E-state index in [9.17, 15) is 8.42 Å². The van der Waals surface area contributed by atoms with E-state index < -0.39 is 10.0 Å². The average molecular weight is 310 g/mol. The third kappa shape index (κ3) is 6.71. The number of nitriles is 1. The quantitative estimate of drug-likeness (QED) is 0.708. The van der Waals surface area contributed by atoms with Crippen molar-refractivity contribution in [3.63, 3.8) is 0 Å². The van der Waals surface area contributed by atoms with Gasteiger partial charge in [0.1, 0.15) is 0 Å². The lowest BCUT2D eigenvalue weighted by Gasteiger charge is -2.09. The number of hydrogen-bond donors (Lipinski definition) is 1. The molecule has 0 aromatic heterocycles. The van der Waals surface area contributed by atoms with Gasteiger partial charge < -0.3 is 4.74 Å². The summed E-state index contributed by atoms with van der Waals surface area (Å²) in [7, 11) is -3.51. The zero-order chi connectivity index (χ0) is 15.7. The number of nitrogens with one attached hydrogen (secondary N) is 1. The lowest BCUT2D eigenvalue weighted by atomic mass is 10.1. The van der Waals surface area contributed by atoms with Crippen LogP contribution in [0.25, 0.3) is 0 Å². The molecule has 0 saturated carbocycles. The normalized spacial score (nSPS) is 11.5. The van der Waals surface area contributed by atoms with E-state index in [1.165, 1.54) is 12.1 Å². The zero-order valence-electron chi connectivity index (χ0n) is 12.5. The Labute approximate surface area is 127 Å². The summed E-state index contributed by atoms with van der Waals surface area (Å²) >= 11 is 0. The second-order valence-corrected chi connectivity index (χ2v) is 6.94. The van der Waals surface area contributed by atoms with Crippen molar-refractivity contribution in [2.45, 2.75) is 31.6 Å². The molecular formula is C15H22N2O3S. The fourth-order valence-corrected chi connectivity index (χ4v) is 2.64. The molecule has 0 aliphatic rings. The standard InChI is InChI=1S/C15H22N2O3S/c1-13(2)8-11-20-12-10-17-21(18,19)15-5-3-14(4-6-15)7-9-16/h3-6,13,17H,7-8,10-12H2,1-2H3. The molecule has 0 spiro atoms. The molecule has 1 rings (SSSR count). The van der Waals surface area contributed by atoms with Gasteiger partial charge in [-0.05, 0) is 30.0 Å². The molecule has 1 N–H and O–H groups in total. The van der Waals surface area contributed by atoms with Gasteiger partial charge >= 0.3 is 0 Å². The van der Waals surface area contributed by atoms with Gasteiger partial charge in [-0.3, -0.25) is 0 Å². The highest BCUT2D eigenvalue weighted by atomic mass is 32.2. The SMILES string of the molecule is CC(C)CCOCCNS(=O)(=O)c1ccc(CC#N)cc1. The molecular weight excluding hydrogens is 288 g/mol. The van der Waals surface area contributed by atoms with Gasteiger partial charge in [0.15, 0.2) is 0 Å². The van der Waals surface area contributed by atoms with Gasteiger partial charge in [0.25, 0.3) is 0 Å². The maximum absolute atomic E-state index is 12.0. The zero-order valence-corrected chi connectivity index (χ0v) is 13.3. The number of hydrogen-bond acceptors (Lipinski definition) is 4. The van der Waals surface area contributed by atoms with Crippen LogP contribution in [0.4, 0.5) is 0 Å². The van der Waals surface area contributed by atoms with Crippen LogP contribution in [0, 0.1) is 17.2 Å². The van der Waals surface area contributed by atoms with Gasteiger partial charge in [0, 0.05) is 13.2 Å². The Morgan fingerprint density at radius 1 is 1.24 bits per heavy atom. The number of benzene rings is 1. The van der Waals surface area contributed by atoms with Crippen LogP contribution in [-0.4, -0.2) is 28.2 Å². The lowest BCUT2D eigenvalue weighted by Crippen LogP contribution is -2.27. The van der Waals surface area contributed by atoms with E-state index in [0.29, 0.717) is 19.1 Å². The van der Waals surface area contributed by atoms with E-state index in [1.807, 2.05) is 6.07 Å². The Balaban J connectivity index is 2.41. The molecule has 0 fully saturated rings. The molecule has 21 heavy (non-hydrogen) atoms. The van der Waals surface area contributed by atoms with E-state index >= 15 is 0 Å². The third-order valence-corrected chi connectivity index (χ3v) is 4.37. The van der Waals surface area contributed by atoms with Crippen LogP contribution in [0.2, 0.25) is 0 Å². The molecule has 0 saturated heterocycles. The van der Waals surface area contributed by atoms with Gasteiger partial charge in [0.2, 0.25) is 10.0 Å². The molecule has 0 aliphatic heterocycles. The molecule has 0 amide bonds. The fraction of sp³-hybridized carbons (Fsp3) is 0.533. The minimum Gasteiger partial charge on any atom is -0.380 e. The Hall–Kier alpha value is -1.42. The van der Waals surface area contributed by atoms with Crippen molar-refractivity contribution in [3.8, 4) is 6.07 Å². The van der Waals surface area contributed by atoms with Crippen molar-refractivity contribution in [3.05, 3.63) is 29.8 Å². The van der Waals surface area contributed by atoms with Crippen molar-refractivity contribution in [2.24, 2.45) is 5.92 Å². The molecule has 0 radical (unpaired) electrons. The maximum atomic E-state index is 12.0. The predicted molar refractivity (Wildman–Crippen MR) is 81.2 cm³/mol. The topological polar surface area (TPSA) is 79.2 Å². The van der Waals surface area contributed by atoms with E-state index in [2.05, 4.69) is 18.6 Å². The number of ether oxygens (including phenoxy) is 1. The third-order valence-electron chi connectivity index (χ3n) is 2.89. The highest BCUT2D eigenvalue weighted by Gasteiger charge is 2.12. The Kier molecular flexibility index (Phi) is 7.37. The van der Waals surface area contributed by atoms with Crippen LogP contribution in [0.3, 0.4) is 0 Å². The van der Waals surface area contributed by atoms with Crippen LogP contribution in [0.5, 0.6) is 0 Å². The van der Waals surface area contributed by atoms with Crippen molar-refractivity contribution in [1.82, 2.24) is 4.72 Å². The van der Waals surface area contributed by atoms with Crippen LogP contribution < -0.4 is 4.72 Å². The monoisotopic (exact) mass is 310 g/mol. The largest absolute Gasteiger partial charge is 0.380 e. The molecule has 0 heterocycles. The van der Waals surface area contributed by atoms with E-state index in [4.69, 9.17) is 10.00 Å². The van der Waals surface area contributed by atoms with Crippen molar-refractivity contribution >= 4 is 10.0 Å². The Morgan fingerprint density at radius 2 is 1.90 bits per heavy atom. The molecule has 6 heteroatoms. The van der Waals surface area contributed by atoms with Crippen LogP contribution in [0.1, 0.15) is 25.8 Å². The van der Waals surface area contributed by atoms with E-state index in [-0.39, 0.29) is 17.9 Å². The van der Waals surface area contributed by atoms with Gasteiger partial charge in [-0.2, -0.15) is 5.26 Å². The molecule has 0 unspecified atom stereocenters. The first-order valence-corrected chi connectivity index (χ1v) is 8.47. The first kappa shape index (κ1) is 17.6. The summed E-state index contributed by atoms with van der Waals surface area (Å²) in [5.74, 6) is 0.577. The Morgan fingerprint density at radius 3 is 2.48 bits per heavy atom. The molecule has 5 nitrogen and oxygen atoms in total. The molecule has 0 aliphatic carbocycles. The van der Waals surface area contributed by atoms with Crippen LogP contribution in [-0.2, 0) is 21.2 Å². The summed E-state index contributed by atoms with van der Waals surface area (Å²) in [5.41, 5.74) is 0.800. The Bertz CT molecular complexity index is 560. The van der Waals surface area contributed by atoms with Gasteiger partial charge in [0.05, 0.1) is 24.0 Å². The van der Waals surface area contributed by atoms with Crippen LogP contribution in [0.15, 0.2) is 29.2 Å². The molecule has 0 atom stereocenters. The molecule has 116 valence electrons. The molecule has 0 bridgehead atoms. The summed E-state index contributed by atoms with van der Waals surface area (Å²) in [6.07, 6.45) is 1.24. The van der Waals surface area contributed by atoms with Gasteiger partial charge in [-0.25, -0.2) is 13.1 Å². The summed E-state index contributed by atoms with van der Waals surface area (Å²) in [6, 6.07) is 8.34. The minimum atomic E-state index is -3.51. The van der Waals surface area contributed by atoms with Crippen molar-refractivity contribution in [1.29, 1.82) is 5.26 Å². The number of rotatable bonds is 9. The second kappa shape index (κ2) is 8.78. The molecule has 1 aromatic rings. The smallest absolute Gasteiger partial charge is 0.240 e. The summed E-state index contributed by atoms with van der Waals surface area (Å²) in [4.78, 5) is 0.200. The number of sulfonamides is 1. The van der Waals surface area contributed by atoms with Crippen LogP contribution >= 0.6 is 0 Å². The second-order valence-electron chi connectivity index (χ2n) is 5.17. The summed E-state index contributed by atoms with van der Waals surface area (Å²) < 4.78 is 31.9. The molecule has 1 aromatic carbocycles. The van der Waals surface area contributed by atoms with Gasteiger partial charge in [-0.15, -0.1) is 0 Å². The first-order chi connectivity index (χ1) is 9.95. The minimum absolute atomic E-state index is 0.200. The predicted octanol–water partition coefficient (Wildman–Crippen LogP) is 2.09. The first-order valence-electron chi connectivity index (χ1n) is 6.99. The highest BCUT2D eigenvalue weighted by Crippen LogP contribution is 2.10. The maximum Gasteiger partial charge on any atom is 0.240 e. The average Bonchev–Trinajstić information content (AvgIpc) is 2.43. The summed E-state index contributed by atoms with van der Waals surface area (Å²) in [5, 5.41) is 8.58. The number of nitrogens with zero attached hydrogens (tertiary/aromatic N) is 1. The highest BCUT2D eigenvalue weighted by molar-refractivity contribution is 7.89. The van der Waals surface area contributed by atoms with E-state index in [0.717, 1.165) is 12.0 Å². The lowest BCUT2D eigenvalue weighted by molar-refractivity contribution is 0.128. The van der Waals surface area contributed by atoms with Gasteiger partial charge in [-0.1, -0.05) is 26.0 Å². The summed E-state index contributed by atoms with van der Waals surface area (Å²) in [6.45, 7) is 5.48. The van der Waals surface area contributed by atoms with Crippen molar-refractivity contribution in [2.75, 3.05) is 19.8 Å². The fourth-order valence-electron chi connectivity index (χ4n) is 1.63. The van der Waals surface area contributed by atoms with Crippen molar-refractivity contribution < 1.29 is 13.2 Å². The van der Waals surface area contributed by atoms with E-state index in [1.54, 1.807) is 12.1 Å².